The van der Waals surface area contributed by atoms with Crippen LogP contribution in [-0.4, -0.2) is 46.3 Å². The molecule has 0 aromatic carbocycles. The lowest BCUT2D eigenvalue weighted by Crippen LogP contribution is -2.37. The number of hydrogen-bond donors (Lipinski definition) is 0. The molecule has 1 heterocycles. The Morgan fingerprint density at radius 1 is 1.43 bits per heavy atom. The van der Waals surface area contributed by atoms with Gasteiger partial charge in [0.1, 0.15) is 6.54 Å². The number of esters is 1. The van der Waals surface area contributed by atoms with Gasteiger partial charge in [-0.3, -0.25) is 9.59 Å². The van der Waals surface area contributed by atoms with Crippen molar-refractivity contribution in [3.63, 3.8) is 0 Å². The first kappa shape index (κ1) is 18.8. The lowest BCUT2D eigenvalue weighted by atomic mass is 10.1. The minimum absolute atomic E-state index is 0.113. The van der Waals surface area contributed by atoms with E-state index < -0.39 is 12.5 Å². The third-order valence-electron chi connectivity index (χ3n) is 3.32. The summed E-state index contributed by atoms with van der Waals surface area (Å²) in [5.74, 6) is -0.905. The minimum Gasteiger partial charge on any atom is -0.465 e. The monoisotopic (exact) mass is 329 g/mol. The molecule has 0 saturated heterocycles. The predicted octanol–water partition coefficient (Wildman–Crippen LogP) is 2.02. The average Bonchev–Trinajstić information content (AvgIpc) is 2.75. The van der Waals surface area contributed by atoms with Gasteiger partial charge >= 0.3 is 12.5 Å². The van der Waals surface area contributed by atoms with Crippen LogP contribution in [0.15, 0.2) is 12.7 Å². The number of rotatable bonds is 8. The second kappa shape index (κ2) is 8.40. The zero-order valence-electron chi connectivity index (χ0n) is 13.5. The quantitative estimate of drug-likeness (QED) is 0.541. The SMILES string of the molecule is C=CCN(CC(=O)OCC)C(=O)Cc1c(C)nn(C(F)F)c1C. The normalized spacial score (nSPS) is 10.7. The molecule has 0 atom stereocenters. The Labute approximate surface area is 133 Å². The molecular formula is C15H21F2N3O3. The van der Waals surface area contributed by atoms with Crippen molar-refractivity contribution in [2.45, 2.75) is 33.7 Å². The topological polar surface area (TPSA) is 64.4 Å². The van der Waals surface area contributed by atoms with E-state index in [1.54, 1.807) is 13.8 Å². The highest BCUT2D eigenvalue weighted by molar-refractivity contribution is 5.84. The number of hydrogen-bond acceptors (Lipinski definition) is 4. The largest absolute Gasteiger partial charge is 0.465 e. The fraction of sp³-hybridized carbons (Fsp3) is 0.533. The highest BCUT2D eigenvalue weighted by Gasteiger charge is 2.23. The summed E-state index contributed by atoms with van der Waals surface area (Å²) in [4.78, 5) is 25.2. The maximum Gasteiger partial charge on any atom is 0.333 e. The number of carbonyl (C=O) groups is 2. The smallest absolute Gasteiger partial charge is 0.333 e. The van der Waals surface area contributed by atoms with Gasteiger partial charge in [0.15, 0.2) is 0 Å². The molecule has 0 aliphatic heterocycles. The van der Waals surface area contributed by atoms with Crippen LogP contribution in [0.3, 0.4) is 0 Å². The number of nitrogens with zero attached hydrogens (tertiary/aromatic N) is 3. The van der Waals surface area contributed by atoms with E-state index in [-0.39, 0.29) is 37.7 Å². The summed E-state index contributed by atoms with van der Waals surface area (Å²) in [6, 6.07) is 0. The summed E-state index contributed by atoms with van der Waals surface area (Å²) >= 11 is 0. The zero-order valence-corrected chi connectivity index (χ0v) is 13.5. The lowest BCUT2D eigenvalue weighted by Gasteiger charge is -2.20. The van der Waals surface area contributed by atoms with E-state index in [2.05, 4.69) is 11.7 Å². The van der Waals surface area contributed by atoms with Gasteiger partial charge in [-0.25, -0.2) is 4.68 Å². The van der Waals surface area contributed by atoms with Gasteiger partial charge in [0.2, 0.25) is 5.91 Å². The van der Waals surface area contributed by atoms with E-state index in [4.69, 9.17) is 4.74 Å². The summed E-state index contributed by atoms with van der Waals surface area (Å²) in [5, 5.41) is 3.74. The molecule has 1 amide bonds. The number of alkyl halides is 2. The summed E-state index contributed by atoms with van der Waals surface area (Å²) in [7, 11) is 0. The van der Waals surface area contributed by atoms with Crippen LogP contribution in [0.4, 0.5) is 8.78 Å². The van der Waals surface area contributed by atoms with Crippen molar-refractivity contribution in [2.75, 3.05) is 19.7 Å². The first-order valence-corrected chi connectivity index (χ1v) is 7.18. The molecule has 0 saturated carbocycles. The van der Waals surface area contributed by atoms with Crippen molar-refractivity contribution in [2.24, 2.45) is 0 Å². The third kappa shape index (κ3) is 4.87. The molecule has 0 N–H and O–H groups in total. The molecule has 128 valence electrons. The van der Waals surface area contributed by atoms with Crippen LogP contribution in [0.5, 0.6) is 0 Å². The average molecular weight is 329 g/mol. The molecule has 0 aliphatic carbocycles. The first-order chi connectivity index (χ1) is 10.8. The van der Waals surface area contributed by atoms with Crippen molar-refractivity contribution in [3.8, 4) is 0 Å². The van der Waals surface area contributed by atoms with Gasteiger partial charge in [0.05, 0.1) is 18.7 Å². The molecule has 6 nitrogen and oxygen atoms in total. The van der Waals surface area contributed by atoms with Gasteiger partial charge in [0.25, 0.3) is 0 Å². The number of carbonyl (C=O) groups excluding carboxylic acids is 2. The van der Waals surface area contributed by atoms with Crippen molar-refractivity contribution < 1.29 is 23.1 Å². The van der Waals surface area contributed by atoms with Gasteiger partial charge in [-0.15, -0.1) is 6.58 Å². The Morgan fingerprint density at radius 3 is 2.57 bits per heavy atom. The fourth-order valence-electron chi connectivity index (χ4n) is 2.18. The number of ether oxygens (including phenoxy) is 1. The van der Waals surface area contributed by atoms with Crippen LogP contribution in [0.1, 0.15) is 30.4 Å². The molecule has 8 heteroatoms. The lowest BCUT2D eigenvalue weighted by molar-refractivity contribution is -0.148. The number of amides is 1. The molecule has 0 bridgehead atoms. The zero-order chi connectivity index (χ0) is 17.6. The van der Waals surface area contributed by atoms with Gasteiger partial charge in [-0.05, 0) is 20.8 Å². The Morgan fingerprint density at radius 2 is 2.09 bits per heavy atom. The van der Waals surface area contributed by atoms with Gasteiger partial charge < -0.3 is 9.64 Å². The van der Waals surface area contributed by atoms with E-state index in [9.17, 15) is 18.4 Å². The van der Waals surface area contributed by atoms with E-state index in [1.165, 1.54) is 17.9 Å². The highest BCUT2D eigenvalue weighted by atomic mass is 19.3. The Hall–Kier alpha value is -2.25. The van der Waals surface area contributed by atoms with Crippen LogP contribution in [0, 0.1) is 13.8 Å². The van der Waals surface area contributed by atoms with Crippen LogP contribution in [0.2, 0.25) is 0 Å². The maximum absolute atomic E-state index is 12.8. The summed E-state index contributed by atoms with van der Waals surface area (Å²) in [6.07, 6.45) is 1.37. The number of aryl methyl sites for hydroxylation is 1. The van der Waals surface area contributed by atoms with Crippen molar-refractivity contribution in [1.82, 2.24) is 14.7 Å². The van der Waals surface area contributed by atoms with Crippen molar-refractivity contribution in [1.29, 1.82) is 0 Å². The molecule has 0 unspecified atom stereocenters. The van der Waals surface area contributed by atoms with E-state index in [1.807, 2.05) is 0 Å². The molecule has 0 fully saturated rings. The van der Waals surface area contributed by atoms with Crippen LogP contribution >= 0.6 is 0 Å². The molecule has 1 aromatic rings. The highest BCUT2D eigenvalue weighted by Crippen LogP contribution is 2.20. The molecule has 23 heavy (non-hydrogen) atoms. The van der Waals surface area contributed by atoms with Gasteiger partial charge in [0, 0.05) is 17.8 Å². The van der Waals surface area contributed by atoms with Crippen LogP contribution < -0.4 is 0 Å². The maximum atomic E-state index is 12.8. The Kier molecular flexibility index (Phi) is 6.87. The summed E-state index contributed by atoms with van der Waals surface area (Å²) in [6.45, 7) is 5.68. The fourth-order valence-corrected chi connectivity index (χ4v) is 2.18. The van der Waals surface area contributed by atoms with Crippen LogP contribution in [-0.2, 0) is 20.7 Å². The second-order valence-corrected chi connectivity index (χ2v) is 4.92. The molecule has 1 rings (SSSR count). The first-order valence-electron chi connectivity index (χ1n) is 7.18. The summed E-state index contributed by atoms with van der Waals surface area (Å²) in [5.41, 5.74) is 1.04. The molecule has 0 radical (unpaired) electrons. The summed E-state index contributed by atoms with van der Waals surface area (Å²) < 4.78 is 31.1. The molecule has 0 spiro atoms. The predicted molar refractivity (Wildman–Crippen MR) is 80.1 cm³/mol. The standard InChI is InChI=1S/C15H21F2N3O3/c1-5-7-19(9-14(22)23-6-2)13(21)8-12-10(3)18-20(11(12)4)15(16)17/h5,15H,1,6-9H2,2-4H3. The second-order valence-electron chi connectivity index (χ2n) is 4.92. The number of aromatic nitrogens is 2. The van der Waals surface area contributed by atoms with E-state index in [0.717, 1.165) is 0 Å². The van der Waals surface area contributed by atoms with E-state index >= 15 is 0 Å². The molecular weight excluding hydrogens is 308 g/mol. The van der Waals surface area contributed by atoms with Crippen LogP contribution in [0.25, 0.3) is 0 Å². The molecule has 1 aromatic heterocycles. The number of halogens is 2. The van der Waals surface area contributed by atoms with Crippen molar-refractivity contribution >= 4 is 11.9 Å². The Bertz CT molecular complexity index is 585. The minimum atomic E-state index is -2.76. The third-order valence-corrected chi connectivity index (χ3v) is 3.32. The van der Waals surface area contributed by atoms with Gasteiger partial charge in [-0.2, -0.15) is 13.9 Å². The van der Waals surface area contributed by atoms with Gasteiger partial charge in [-0.1, -0.05) is 6.08 Å². The Balaban J connectivity index is 2.90. The molecule has 0 aliphatic rings. The van der Waals surface area contributed by atoms with Crippen molar-refractivity contribution in [3.05, 3.63) is 29.6 Å². The van der Waals surface area contributed by atoms with E-state index in [0.29, 0.717) is 15.9 Å².